The number of aliphatic carboxylic acids is 1. The van der Waals surface area contributed by atoms with Crippen molar-refractivity contribution < 1.29 is 14.7 Å². The number of carboxylic acid groups (broad SMARTS) is 1. The monoisotopic (exact) mass is 254 g/mol. The first-order chi connectivity index (χ1) is 8.55. The number of hydrogen-bond acceptors (Lipinski definition) is 3. The van der Waals surface area contributed by atoms with Gasteiger partial charge in [0.1, 0.15) is 0 Å². The fourth-order valence-corrected chi connectivity index (χ4v) is 2.35. The zero-order valence-electron chi connectivity index (χ0n) is 10.9. The van der Waals surface area contributed by atoms with Crippen molar-refractivity contribution in [1.82, 2.24) is 10.2 Å². The lowest BCUT2D eigenvalue weighted by Crippen LogP contribution is -2.51. The Morgan fingerprint density at radius 3 is 2.83 bits per heavy atom. The van der Waals surface area contributed by atoms with Crippen LogP contribution in [0.15, 0.2) is 12.7 Å². The van der Waals surface area contributed by atoms with Gasteiger partial charge in [-0.1, -0.05) is 13.0 Å². The molecule has 1 rings (SSSR count). The average Bonchev–Trinajstić information content (AvgIpc) is 2.38. The van der Waals surface area contributed by atoms with Gasteiger partial charge in [-0.25, -0.2) is 0 Å². The minimum Gasteiger partial charge on any atom is -0.481 e. The van der Waals surface area contributed by atoms with Crippen molar-refractivity contribution in [2.24, 2.45) is 5.41 Å². The van der Waals surface area contributed by atoms with E-state index in [2.05, 4.69) is 11.9 Å². The lowest BCUT2D eigenvalue weighted by Gasteiger charge is -2.39. The molecule has 1 saturated heterocycles. The minimum atomic E-state index is -0.790. The van der Waals surface area contributed by atoms with Crippen LogP contribution in [0.1, 0.15) is 26.2 Å². The average molecular weight is 254 g/mol. The largest absolute Gasteiger partial charge is 0.481 e. The second-order valence-corrected chi connectivity index (χ2v) is 4.78. The Hall–Kier alpha value is -1.36. The van der Waals surface area contributed by atoms with E-state index in [1.165, 1.54) is 0 Å². The smallest absolute Gasteiger partial charge is 0.311 e. The summed E-state index contributed by atoms with van der Waals surface area (Å²) in [6.45, 7) is 7.24. The van der Waals surface area contributed by atoms with Gasteiger partial charge < -0.3 is 15.3 Å². The van der Waals surface area contributed by atoms with Crippen molar-refractivity contribution in [1.29, 1.82) is 0 Å². The number of hydrogen-bond donors (Lipinski definition) is 2. The summed E-state index contributed by atoms with van der Waals surface area (Å²) in [6.07, 6.45) is 3.67. The molecule has 0 aliphatic carbocycles. The third-order valence-corrected chi connectivity index (χ3v) is 3.62. The van der Waals surface area contributed by atoms with Gasteiger partial charge in [0.2, 0.25) is 5.91 Å². The van der Waals surface area contributed by atoms with Gasteiger partial charge in [0.05, 0.1) is 12.0 Å². The van der Waals surface area contributed by atoms with Gasteiger partial charge in [0.15, 0.2) is 0 Å². The third-order valence-electron chi connectivity index (χ3n) is 3.62. The first kappa shape index (κ1) is 14.7. The van der Waals surface area contributed by atoms with Crippen LogP contribution in [-0.2, 0) is 9.59 Å². The Morgan fingerprint density at radius 1 is 1.56 bits per heavy atom. The van der Waals surface area contributed by atoms with Crippen LogP contribution in [0.2, 0.25) is 0 Å². The molecule has 18 heavy (non-hydrogen) atoms. The number of carboxylic acids is 1. The first-order valence-electron chi connectivity index (χ1n) is 6.38. The molecule has 1 unspecified atom stereocenters. The van der Waals surface area contributed by atoms with Crippen LogP contribution < -0.4 is 5.32 Å². The van der Waals surface area contributed by atoms with E-state index in [0.29, 0.717) is 32.5 Å². The van der Waals surface area contributed by atoms with Crippen LogP contribution in [0.5, 0.6) is 0 Å². The molecule has 0 aromatic heterocycles. The minimum absolute atomic E-state index is 0.0318. The topological polar surface area (TPSA) is 69.6 Å². The molecule has 0 aromatic rings. The molecule has 0 spiro atoms. The maximum absolute atomic E-state index is 11.9. The number of rotatable bonds is 6. The molecule has 1 aliphatic heterocycles. The van der Waals surface area contributed by atoms with Crippen molar-refractivity contribution >= 4 is 11.9 Å². The van der Waals surface area contributed by atoms with Crippen LogP contribution >= 0.6 is 0 Å². The highest BCUT2D eigenvalue weighted by Crippen LogP contribution is 2.33. The van der Waals surface area contributed by atoms with E-state index in [1.807, 2.05) is 6.92 Å². The number of likely N-dealkylation sites (tertiary alicyclic amines) is 1. The van der Waals surface area contributed by atoms with Gasteiger partial charge in [-0.2, -0.15) is 0 Å². The number of nitrogens with one attached hydrogen (secondary N) is 1. The Balaban J connectivity index is 2.59. The van der Waals surface area contributed by atoms with E-state index in [9.17, 15) is 14.7 Å². The van der Waals surface area contributed by atoms with Crippen LogP contribution in [0.4, 0.5) is 0 Å². The molecule has 0 aromatic carbocycles. The molecule has 0 radical (unpaired) electrons. The van der Waals surface area contributed by atoms with E-state index in [4.69, 9.17) is 0 Å². The summed E-state index contributed by atoms with van der Waals surface area (Å²) in [5.41, 5.74) is -0.758. The Morgan fingerprint density at radius 2 is 2.28 bits per heavy atom. The van der Waals surface area contributed by atoms with E-state index in [-0.39, 0.29) is 12.5 Å². The predicted molar refractivity (Wildman–Crippen MR) is 69.2 cm³/mol. The Bertz CT molecular complexity index is 330. The van der Waals surface area contributed by atoms with Gasteiger partial charge in [-0.15, -0.1) is 6.58 Å². The first-order valence-corrected chi connectivity index (χ1v) is 6.38. The third kappa shape index (κ3) is 3.32. The highest BCUT2D eigenvalue weighted by atomic mass is 16.4. The fraction of sp³-hybridized carbons (Fsp3) is 0.692. The molecule has 5 heteroatoms. The van der Waals surface area contributed by atoms with Gasteiger partial charge in [-0.05, 0) is 19.3 Å². The summed E-state index contributed by atoms with van der Waals surface area (Å²) in [4.78, 5) is 25.0. The highest BCUT2D eigenvalue weighted by molar-refractivity contribution is 5.81. The zero-order chi connectivity index (χ0) is 13.6. The maximum Gasteiger partial charge on any atom is 0.311 e. The van der Waals surface area contributed by atoms with Crippen molar-refractivity contribution in [3.63, 3.8) is 0 Å². The summed E-state index contributed by atoms with van der Waals surface area (Å²) in [5.74, 6) is -0.822. The molecular weight excluding hydrogens is 232 g/mol. The molecule has 1 amide bonds. The molecule has 0 saturated carbocycles. The molecule has 1 atom stereocenters. The van der Waals surface area contributed by atoms with Gasteiger partial charge >= 0.3 is 5.97 Å². The summed E-state index contributed by atoms with van der Waals surface area (Å²) in [7, 11) is 0. The second-order valence-electron chi connectivity index (χ2n) is 4.78. The number of carbonyl (C=O) groups is 2. The van der Waals surface area contributed by atoms with Crippen molar-refractivity contribution in [3.05, 3.63) is 12.7 Å². The molecule has 1 heterocycles. The number of nitrogens with zero attached hydrogens (tertiary/aromatic N) is 1. The predicted octanol–water partition coefficient (Wildman–Crippen LogP) is 0.865. The van der Waals surface area contributed by atoms with E-state index >= 15 is 0 Å². The highest BCUT2D eigenvalue weighted by Gasteiger charge is 2.41. The Labute approximate surface area is 108 Å². The van der Waals surface area contributed by atoms with Crippen LogP contribution in [0.3, 0.4) is 0 Å². The summed E-state index contributed by atoms with van der Waals surface area (Å²) in [6, 6.07) is 0. The molecule has 1 fully saturated rings. The fourth-order valence-electron chi connectivity index (χ4n) is 2.35. The zero-order valence-corrected chi connectivity index (χ0v) is 10.9. The van der Waals surface area contributed by atoms with Crippen molar-refractivity contribution in [2.75, 3.05) is 26.2 Å². The number of carbonyl (C=O) groups excluding carboxylic acids is 1. The maximum atomic E-state index is 11.9. The van der Waals surface area contributed by atoms with Crippen molar-refractivity contribution in [3.8, 4) is 0 Å². The van der Waals surface area contributed by atoms with E-state index in [1.54, 1.807) is 11.0 Å². The SMILES string of the molecule is C=CCNCC(=O)N1CCCC(CC)(C(=O)O)C1. The van der Waals surface area contributed by atoms with Gasteiger partial charge in [0.25, 0.3) is 0 Å². The van der Waals surface area contributed by atoms with Crippen LogP contribution in [0, 0.1) is 5.41 Å². The molecule has 5 nitrogen and oxygen atoms in total. The van der Waals surface area contributed by atoms with Crippen LogP contribution in [0.25, 0.3) is 0 Å². The number of piperidine rings is 1. The second kappa shape index (κ2) is 6.54. The molecule has 102 valence electrons. The van der Waals surface area contributed by atoms with Crippen molar-refractivity contribution in [2.45, 2.75) is 26.2 Å². The summed E-state index contributed by atoms with van der Waals surface area (Å²) in [5, 5.41) is 12.3. The summed E-state index contributed by atoms with van der Waals surface area (Å²) >= 11 is 0. The standard InChI is InChI=1S/C13H22N2O3/c1-3-7-14-9-11(16)15-8-5-6-13(4-2,10-15)12(17)18/h3,14H,1,4-10H2,2H3,(H,17,18). The normalized spacial score (nSPS) is 23.7. The van der Waals surface area contributed by atoms with E-state index < -0.39 is 11.4 Å². The lowest BCUT2D eigenvalue weighted by molar-refractivity contribution is -0.155. The van der Waals surface area contributed by atoms with Gasteiger partial charge in [-0.3, -0.25) is 9.59 Å². The lowest BCUT2D eigenvalue weighted by atomic mass is 9.77. The van der Waals surface area contributed by atoms with Gasteiger partial charge in [0, 0.05) is 19.6 Å². The molecular formula is C13H22N2O3. The summed E-state index contributed by atoms with van der Waals surface area (Å²) < 4.78 is 0. The molecule has 1 aliphatic rings. The van der Waals surface area contributed by atoms with Crippen LogP contribution in [-0.4, -0.2) is 48.1 Å². The Kier molecular flexibility index (Phi) is 5.34. The molecule has 0 bridgehead atoms. The number of amides is 1. The quantitative estimate of drug-likeness (QED) is 0.545. The van der Waals surface area contributed by atoms with E-state index in [0.717, 1.165) is 6.42 Å². The molecule has 2 N–H and O–H groups in total.